The summed E-state index contributed by atoms with van der Waals surface area (Å²) < 4.78 is 0. The first-order valence-corrected chi connectivity index (χ1v) is 13.4. The van der Waals surface area contributed by atoms with Crippen LogP contribution in [0.25, 0.3) is 0 Å². The lowest BCUT2D eigenvalue weighted by molar-refractivity contribution is -0.139. The quantitative estimate of drug-likeness (QED) is 0.445. The zero-order valence-corrected chi connectivity index (χ0v) is 21.9. The second-order valence-electron chi connectivity index (χ2n) is 13.3. The lowest BCUT2D eigenvalue weighted by Crippen LogP contribution is -2.53. The molecular weight excluding hydrogens is 392 g/mol. The van der Waals surface area contributed by atoms with Gasteiger partial charge in [-0.3, -0.25) is 4.79 Å². The SMILES string of the molecule is CC(=CCCC(C)C1CCC2(C)C3=C(CCC12C)C1(C)CCC(=O)C(C)(C)C1CC3)CO. The predicted octanol–water partition coefficient (Wildman–Crippen LogP) is 7.66. The molecule has 0 radical (unpaired) electrons. The van der Waals surface area contributed by atoms with Crippen LogP contribution in [0, 0.1) is 39.4 Å². The van der Waals surface area contributed by atoms with Gasteiger partial charge in [-0.25, -0.2) is 0 Å². The van der Waals surface area contributed by atoms with E-state index in [9.17, 15) is 9.90 Å². The molecule has 2 heteroatoms. The van der Waals surface area contributed by atoms with Crippen LogP contribution in [-0.2, 0) is 4.79 Å². The molecule has 0 aromatic heterocycles. The third kappa shape index (κ3) is 3.33. The zero-order valence-electron chi connectivity index (χ0n) is 21.9. The van der Waals surface area contributed by atoms with Crippen molar-refractivity contribution in [1.29, 1.82) is 0 Å². The van der Waals surface area contributed by atoms with E-state index in [1.165, 1.54) is 44.9 Å². The number of fused-ring (bicyclic) bond motifs is 4. The third-order valence-corrected chi connectivity index (χ3v) is 11.6. The van der Waals surface area contributed by atoms with Gasteiger partial charge >= 0.3 is 0 Å². The van der Waals surface area contributed by atoms with E-state index in [0.717, 1.165) is 36.7 Å². The molecule has 4 aliphatic rings. The molecule has 0 aromatic carbocycles. The number of rotatable bonds is 5. The molecule has 4 aliphatic carbocycles. The number of aliphatic hydroxyl groups excluding tert-OH is 1. The van der Waals surface area contributed by atoms with Gasteiger partial charge in [0.05, 0.1) is 6.61 Å². The lowest BCUT2D eigenvalue weighted by atomic mass is 9.43. The van der Waals surface area contributed by atoms with E-state index in [4.69, 9.17) is 0 Å². The van der Waals surface area contributed by atoms with E-state index >= 15 is 0 Å². The highest BCUT2D eigenvalue weighted by Gasteiger charge is 2.63. The average molecular weight is 441 g/mol. The van der Waals surface area contributed by atoms with Gasteiger partial charge in [-0.05, 0) is 98.7 Å². The normalized spacial score (nSPS) is 42.4. The highest BCUT2D eigenvalue weighted by molar-refractivity contribution is 5.85. The molecule has 0 aliphatic heterocycles. The maximum Gasteiger partial charge on any atom is 0.138 e. The van der Waals surface area contributed by atoms with E-state index in [1.807, 2.05) is 12.5 Å². The van der Waals surface area contributed by atoms with Crippen molar-refractivity contribution in [2.45, 2.75) is 113 Å². The maximum atomic E-state index is 12.8. The van der Waals surface area contributed by atoms with Crippen LogP contribution in [0.4, 0.5) is 0 Å². The highest BCUT2D eigenvalue weighted by Crippen LogP contribution is 2.72. The minimum Gasteiger partial charge on any atom is -0.392 e. The molecule has 180 valence electrons. The molecule has 0 saturated heterocycles. The van der Waals surface area contributed by atoms with Gasteiger partial charge in [0, 0.05) is 11.8 Å². The largest absolute Gasteiger partial charge is 0.392 e. The molecule has 2 fully saturated rings. The molecular formula is C30H48O2. The first-order chi connectivity index (χ1) is 14.9. The van der Waals surface area contributed by atoms with Crippen molar-refractivity contribution in [3.8, 4) is 0 Å². The molecule has 0 amide bonds. The fourth-order valence-corrected chi connectivity index (χ4v) is 9.30. The summed E-state index contributed by atoms with van der Waals surface area (Å²) in [6.07, 6.45) is 14.1. The smallest absolute Gasteiger partial charge is 0.138 e. The summed E-state index contributed by atoms with van der Waals surface area (Å²) in [5.41, 5.74) is 5.49. The monoisotopic (exact) mass is 440 g/mol. The topological polar surface area (TPSA) is 37.3 Å². The van der Waals surface area contributed by atoms with E-state index < -0.39 is 0 Å². The molecule has 0 bridgehead atoms. The summed E-state index contributed by atoms with van der Waals surface area (Å²) in [4.78, 5) is 12.8. The Balaban J connectivity index is 1.62. The van der Waals surface area contributed by atoms with Gasteiger partial charge in [-0.15, -0.1) is 0 Å². The number of aliphatic hydroxyl groups is 1. The summed E-state index contributed by atoms with van der Waals surface area (Å²) in [5, 5.41) is 9.31. The number of Topliss-reactive ketones (excluding diaryl/α,β-unsaturated/α-hetero) is 1. The average Bonchev–Trinajstić information content (AvgIpc) is 3.02. The highest BCUT2D eigenvalue weighted by atomic mass is 16.3. The molecule has 0 heterocycles. The Labute approximate surface area is 197 Å². The molecule has 0 spiro atoms. The van der Waals surface area contributed by atoms with Gasteiger partial charge in [0.1, 0.15) is 5.78 Å². The first kappa shape index (κ1) is 24.2. The Kier molecular flexibility index (Phi) is 6.14. The van der Waals surface area contributed by atoms with Crippen LogP contribution >= 0.6 is 0 Å². The number of ketones is 1. The van der Waals surface area contributed by atoms with Crippen molar-refractivity contribution in [1.82, 2.24) is 0 Å². The Morgan fingerprint density at radius 3 is 2.44 bits per heavy atom. The number of carbonyl (C=O) groups excluding carboxylic acids is 1. The minimum atomic E-state index is -0.167. The Hall–Kier alpha value is -0.890. The molecule has 32 heavy (non-hydrogen) atoms. The standard InChI is InChI=1S/C30H48O2/c1-20(19-31)9-8-10-21(2)22-13-17-30(7)24-11-12-25-27(3,4)26(32)15-16-28(25,5)23(24)14-18-29(22,30)6/h9,21-22,25,31H,8,10-19H2,1-7H3. The van der Waals surface area contributed by atoms with E-state index in [0.29, 0.717) is 22.5 Å². The second-order valence-corrected chi connectivity index (χ2v) is 13.3. The van der Waals surface area contributed by atoms with Crippen LogP contribution in [0.2, 0.25) is 0 Å². The molecule has 2 saturated carbocycles. The molecule has 6 atom stereocenters. The maximum absolute atomic E-state index is 12.8. The molecule has 1 N–H and O–H groups in total. The van der Waals surface area contributed by atoms with E-state index in [-0.39, 0.29) is 17.4 Å². The fourth-order valence-electron chi connectivity index (χ4n) is 9.30. The first-order valence-electron chi connectivity index (χ1n) is 13.4. The van der Waals surface area contributed by atoms with Crippen LogP contribution in [0.5, 0.6) is 0 Å². The van der Waals surface area contributed by atoms with Crippen LogP contribution < -0.4 is 0 Å². The van der Waals surface area contributed by atoms with Gasteiger partial charge in [0.25, 0.3) is 0 Å². The van der Waals surface area contributed by atoms with Gasteiger partial charge in [-0.2, -0.15) is 0 Å². The zero-order chi connectivity index (χ0) is 23.5. The number of carbonyl (C=O) groups is 1. The van der Waals surface area contributed by atoms with E-state index in [2.05, 4.69) is 47.6 Å². The Morgan fingerprint density at radius 1 is 1.03 bits per heavy atom. The fraction of sp³-hybridized carbons (Fsp3) is 0.833. The molecule has 6 unspecified atom stereocenters. The van der Waals surface area contributed by atoms with Crippen molar-refractivity contribution in [2.24, 2.45) is 39.4 Å². The summed E-state index contributed by atoms with van der Waals surface area (Å²) in [7, 11) is 0. The third-order valence-electron chi connectivity index (χ3n) is 11.6. The van der Waals surface area contributed by atoms with Gasteiger partial charge in [-0.1, -0.05) is 64.3 Å². The van der Waals surface area contributed by atoms with E-state index in [1.54, 1.807) is 5.57 Å². The van der Waals surface area contributed by atoms with Gasteiger partial charge in [0.2, 0.25) is 0 Å². The summed E-state index contributed by atoms with van der Waals surface area (Å²) >= 11 is 0. The number of hydrogen-bond donors (Lipinski definition) is 1. The Morgan fingerprint density at radius 2 is 1.75 bits per heavy atom. The Bertz CT molecular complexity index is 832. The number of hydrogen-bond acceptors (Lipinski definition) is 2. The lowest BCUT2D eigenvalue weighted by Gasteiger charge is -2.61. The van der Waals surface area contributed by atoms with Crippen molar-refractivity contribution < 1.29 is 9.90 Å². The predicted molar refractivity (Wildman–Crippen MR) is 133 cm³/mol. The van der Waals surface area contributed by atoms with Crippen molar-refractivity contribution in [3.05, 3.63) is 22.8 Å². The number of allylic oxidation sites excluding steroid dienone is 3. The van der Waals surface area contributed by atoms with Crippen LogP contribution in [0.3, 0.4) is 0 Å². The van der Waals surface area contributed by atoms with Crippen LogP contribution in [-0.4, -0.2) is 17.5 Å². The van der Waals surface area contributed by atoms with Crippen molar-refractivity contribution in [2.75, 3.05) is 6.61 Å². The van der Waals surface area contributed by atoms with Gasteiger partial charge < -0.3 is 5.11 Å². The van der Waals surface area contributed by atoms with Crippen LogP contribution in [0.15, 0.2) is 22.8 Å². The second kappa shape index (κ2) is 8.10. The summed E-state index contributed by atoms with van der Waals surface area (Å²) in [6, 6.07) is 0. The molecule has 2 nitrogen and oxygen atoms in total. The summed E-state index contributed by atoms with van der Waals surface area (Å²) in [6.45, 7) is 16.9. The molecule has 0 aromatic rings. The summed E-state index contributed by atoms with van der Waals surface area (Å²) in [5.74, 6) is 2.53. The van der Waals surface area contributed by atoms with Crippen molar-refractivity contribution >= 4 is 5.78 Å². The van der Waals surface area contributed by atoms with Crippen LogP contribution in [0.1, 0.15) is 113 Å². The van der Waals surface area contributed by atoms with Gasteiger partial charge in [0.15, 0.2) is 0 Å². The van der Waals surface area contributed by atoms with Crippen molar-refractivity contribution in [3.63, 3.8) is 0 Å². The minimum absolute atomic E-state index is 0.167. The molecule has 4 rings (SSSR count).